The van der Waals surface area contributed by atoms with Crippen molar-refractivity contribution in [1.82, 2.24) is 24.4 Å². The van der Waals surface area contributed by atoms with E-state index in [1.54, 1.807) is 34.0 Å². The Morgan fingerprint density at radius 1 is 1.00 bits per heavy atom. The van der Waals surface area contributed by atoms with Crippen LogP contribution in [0.1, 0.15) is 68.3 Å². The molecule has 1 aliphatic heterocycles. The zero-order chi connectivity index (χ0) is 28.2. The smallest absolute Gasteiger partial charge is 0.327 e. The summed E-state index contributed by atoms with van der Waals surface area (Å²) in [6.07, 6.45) is 7.94. The van der Waals surface area contributed by atoms with Crippen molar-refractivity contribution in [2.45, 2.75) is 57.9 Å². The van der Waals surface area contributed by atoms with Crippen molar-refractivity contribution < 1.29 is 13.6 Å². The van der Waals surface area contributed by atoms with Gasteiger partial charge in [-0.15, -0.1) is 0 Å². The van der Waals surface area contributed by atoms with Gasteiger partial charge >= 0.3 is 5.69 Å². The van der Waals surface area contributed by atoms with E-state index < -0.39 is 11.6 Å². The fourth-order valence-corrected chi connectivity index (χ4v) is 5.86. The normalized spacial score (nSPS) is 18.6. The monoisotopic (exact) mass is 545 g/mol. The molecule has 0 bridgehead atoms. The summed E-state index contributed by atoms with van der Waals surface area (Å²) in [5.41, 5.74) is 3.99. The number of piperidine rings is 1. The van der Waals surface area contributed by atoms with Crippen LogP contribution < -0.4 is 5.69 Å². The van der Waals surface area contributed by atoms with E-state index in [1.165, 1.54) is 6.07 Å². The third-order valence-electron chi connectivity index (χ3n) is 7.77. The molecule has 0 spiro atoms. The highest BCUT2D eigenvalue weighted by molar-refractivity contribution is 5.95. The quantitative estimate of drug-likeness (QED) is 0.261. The number of hydrogen-bond acceptors (Lipinski definition) is 4. The van der Waals surface area contributed by atoms with E-state index in [-0.39, 0.29) is 23.6 Å². The van der Waals surface area contributed by atoms with Gasteiger partial charge in [0.15, 0.2) is 17.3 Å². The molecule has 1 aromatic carbocycles. The standard InChI is InChI=1S/C29H27F2N5O2.C2H6/c30-23-6-1-5-22(26(23)31)18-8-9-20(27-19(16-18)4-2-12-32-27)17-25(37)35-14-10-21(11-15-35)36-24-7-3-13-33-28(24)34-29(36)38;1-2/h1-7,12-13,17-18,21H,8-11,14-16H2,(H,33,34,38);1-2H3/b20-17+;. The van der Waals surface area contributed by atoms with E-state index in [0.29, 0.717) is 56.4 Å². The van der Waals surface area contributed by atoms with Crippen molar-refractivity contribution in [3.8, 4) is 0 Å². The first kappa shape index (κ1) is 27.4. The number of imidazole rings is 1. The number of allylic oxidation sites excluding steroid dienone is 1. The highest BCUT2D eigenvalue weighted by Crippen LogP contribution is 2.37. The number of nitrogens with zero attached hydrogens (tertiary/aromatic N) is 4. The molecule has 40 heavy (non-hydrogen) atoms. The summed E-state index contributed by atoms with van der Waals surface area (Å²) in [6.45, 7) is 5.05. The van der Waals surface area contributed by atoms with Gasteiger partial charge in [-0.3, -0.25) is 19.3 Å². The van der Waals surface area contributed by atoms with Crippen molar-refractivity contribution >= 4 is 22.6 Å². The van der Waals surface area contributed by atoms with Crippen molar-refractivity contribution in [2.24, 2.45) is 0 Å². The maximum absolute atomic E-state index is 14.6. The molecule has 7 nitrogen and oxygen atoms in total. The number of aromatic amines is 1. The number of carbonyl (C=O) groups excluding carboxylic acids is 1. The number of benzene rings is 1. The first-order chi connectivity index (χ1) is 19.5. The number of fused-ring (bicyclic) bond motifs is 2. The third kappa shape index (κ3) is 5.33. The van der Waals surface area contributed by atoms with Crippen LogP contribution in [0.2, 0.25) is 0 Å². The first-order valence-electron chi connectivity index (χ1n) is 13.9. The second-order valence-electron chi connectivity index (χ2n) is 9.99. The Morgan fingerprint density at radius 2 is 1.75 bits per heavy atom. The first-order valence-corrected chi connectivity index (χ1v) is 13.9. The molecule has 4 heterocycles. The Morgan fingerprint density at radius 3 is 2.55 bits per heavy atom. The van der Waals surface area contributed by atoms with Crippen LogP contribution in [0.3, 0.4) is 0 Å². The predicted octanol–water partition coefficient (Wildman–Crippen LogP) is 5.79. The van der Waals surface area contributed by atoms with E-state index in [1.807, 2.05) is 38.1 Å². The lowest BCUT2D eigenvalue weighted by molar-refractivity contribution is -0.127. The Hall–Kier alpha value is -4.14. The number of halogens is 2. The Kier molecular flexibility index (Phi) is 8.19. The topological polar surface area (TPSA) is 83.9 Å². The van der Waals surface area contributed by atoms with Crippen LogP contribution in [0.25, 0.3) is 16.7 Å². The molecule has 1 aliphatic carbocycles. The molecule has 6 rings (SSSR count). The van der Waals surface area contributed by atoms with Gasteiger partial charge in [0.2, 0.25) is 5.91 Å². The van der Waals surface area contributed by atoms with Crippen molar-refractivity contribution in [3.63, 3.8) is 0 Å². The zero-order valence-electron chi connectivity index (χ0n) is 22.7. The van der Waals surface area contributed by atoms with Crippen molar-refractivity contribution in [2.75, 3.05) is 13.1 Å². The van der Waals surface area contributed by atoms with Gasteiger partial charge in [-0.2, -0.15) is 0 Å². The summed E-state index contributed by atoms with van der Waals surface area (Å²) in [4.78, 5) is 39.3. The van der Waals surface area contributed by atoms with Gasteiger partial charge < -0.3 is 4.90 Å². The van der Waals surface area contributed by atoms with Crippen LogP contribution >= 0.6 is 0 Å². The van der Waals surface area contributed by atoms with E-state index in [0.717, 1.165) is 28.4 Å². The van der Waals surface area contributed by atoms with E-state index in [4.69, 9.17) is 0 Å². The largest absolute Gasteiger partial charge is 0.339 e. The van der Waals surface area contributed by atoms with Crippen LogP contribution in [0.15, 0.2) is 65.7 Å². The molecular formula is C31H33F2N5O2. The molecular weight excluding hydrogens is 512 g/mol. The average molecular weight is 546 g/mol. The highest BCUT2D eigenvalue weighted by atomic mass is 19.2. The number of hydrogen-bond donors (Lipinski definition) is 1. The van der Waals surface area contributed by atoms with Crippen LogP contribution in [-0.2, 0) is 11.2 Å². The molecule has 208 valence electrons. The second-order valence-corrected chi connectivity index (χ2v) is 9.99. The van der Waals surface area contributed by atoms with Gasteiger partial charge in [0.05, 0.1) is 11.2 Å². The summed E-state index contributed by atoms with van der Waals surface area (Å²) >= 11 is 0. The fourth-order valence-electron chi connectivity index (χ4n) is 5.86. The molecule has 1 atom stereocenters. The van der Waals surface area contributed by atoms with Gasteiger partial charge in [-0.25, -0.2) is 18.6 Å². The Balaban J connectivity index is 0.00000158. The number of aromatic nitrogens is 4. The minimum absolute atomic E-state index is 0.0145. The van der Waals surface area contributed by atoms with Gasteiger partial charge in [0, 0.05) is 37.6 Å². The molecule has 9 heteroatoms. The Labute approximate surface area is 231 Å². The lowest BCUT2D eigenvalue weighted by atomic mass is 9.90. The van der Waals surface area contributed by atoms with E-state index in [2.05, 4.69) is 15.0 Å². The molecule has 1 saturated heterocycles. The van der Waals surface area contributed by atoms with Crippen LogP contribution in [0.5, 0.6) is 0 Å². The van der Waals surface area contributed by atoms with Gasteiger partial charge in [0.25, 0.3) is 0 Å². The summed E-state index contributed by atoms with van der Waals surface area (Å²) in [5.74, 6) is -1.97. The fraction of sp³-hybridized carbons (Fsp3) is 0.355. The number of nitrogens with one attached hydrogen (secondary N) is 1. The molecule has 1 fully saturated rings. The maximum Gasteiger partial charge on any atom is 0.327 e. The van der Waals surface area contributed by atoms with Crippen molar-refractivity contribution in [1.29, 1.82) is 0 Å². The van der Waals surface area contributed by atoms with E-state index in [9.17, 15) is 18.4 Å². The average Bonchev–Trinajstić information content (AvgIpc) is 3.22. The van der Waals surface area contributed by atoms with E-state index >= 15 is 0 Å². The maximum atomic E-state index is 14.6. The Bertz CT molecular complexity index is 1600. The molecule has 4 aromatic rings. The van der Waals surface area contributed by atoms with Gasteiger partial charge in [-0.05, 0) is 79.0 Å². The lowest BCUT2D eigenvalue weighted by Gasteiger charge is -2.32. The van der Waals surface area contributed by atoms with Crippen LogP contribution in [0, 0.1) is 11.6 Å². The summed E-state index contributed by atoms with van der Waals surface area (Å²) in [7, 11) is 0. The molecule has 3 aromatic heterocycles. The van der Waals surface area contributed by atoms with Crippen LogP contribution in [0.4, 0.5) is 8.78 Å². The zero-order valence-corrected chi connectivity index (χ0v) is 22.7. The van der Waals surface area contributed by atoms with Crippen LogP contribution in [-0.4, -0.2) is 43.4 Å². The number of H-pyrrole nitrogens is 1. The highest BCUT2D eigenvalue weighted by Gasteiger charge is 2.28. The minimum atomic E-state index is -0.848. The number of likely N-dealkylation sites (tertiary alicyclic amines) is 1. The molecule has 1 amide bonds. The summed E-state index contributed by atoms with van der Waals surface area (Å²) < 4.78 is 30.3. The minimum Gasteiger partial charge on any atom is -0.339 e. The van der Waals surface area contributed by atoms with Crippen molar-refractivity contribution in [3.05, 3.63) is 99.9 Å². The molecule has 1 N–H and O–H groups in total. The molecule has 2 aliphatic rings. The molecule has 0 saturated carbocycles. The number of amides is 1. The number of carbonyl (C=O) groups is 1. The lowest BCUT2D eigenvalue weighted by Crippen LogP contribution is -2.39. The third-order valence-corrected chi connectivity index (χ3v) is 7.77. The summed E-state index contributed by atoms with van der Waals surface area (Å²) in [5, 5.41) is 0. The SMILES string of the molecule is CC.O=C(/C=C1\CCC(c2cccc(F)c2F)Cc2cccnc21)N1CCC(n2c(=O)[nH]c3ncccc32)CC1. The van der Waals surface area contributed by atoms with Gasteiger partial charge in [-0.1, -0.05) is 32.0 Å². The predicted molar refractivity (Wildman–Crippen MR) is 151 cm³/mol. The second kappa shape index (κ2) is 11.9. The number of pyridine rings is 2. The number of rotatable bonds is 3. The molecule has 1 unspecified atom stereocenters. The van der Waals surface area contributed by atoms with Gasteiger partial charge in [0.1, 0.15) is 0 Å². The molecule has 0 radical (unpaired) electrons. The summed E-state index contributed by atoms with van der Waals surface area (Å²) in [6, 6.07) is 11.7.